The van der Waals surface area contributed by atoms with E-state index >= 15 is 0 Å². The van der Waals surface area contributed by atoms with Crippen molar-refractivity contribution in [3.8, 4) is 0 Å². The minimum atomic E-state index is -2.92. The minimum absolute atomic E-state index is 0. The molecule has 7 nitrogen and oxygen atoms in total. The molecule has 0 heterocycles. The normalized spacial score (nSPS) is 4.50. The first-order valence-corrected chi connectivity index (χ1v) is 1.41. The predicted molar refractivity (Wildman–Crippen MR) is 32.4 cm³/mol. The molecule has 0 aliphatic heterocycles. The predicted octanol–water partition coefficient (Wildman–Crippen LogP) is -9.86. The molecule has 0 aliphatic rings. The minimum Gasteiger partial charge on any atom is -0.907 e. The van der Waals surface area contributed by atoms with Crippen molar-refractivity contribution < 1.29 is 35.6 Å². The monoisotopic (exact) mass is 550 g/mol. The third kappa shape index (κ3) is 129. The summed E-state index contributed by atoms with van der Waals surface area (Å²) in [6.45, 7) is 0. The molecule has 0 aromatic rings. The van der Waals surface area contributed by atoms with E-state index in [9.17, 15) is 0 Å². The Kier molecular flexibility index (Phi) is 88.6. The maximum atomic E-state index is 8.42. The maximum Gasteiger partial charge on any atom is 2.00 e. The number of hydrogen-bond donors (Lipinski definition) is 0. The van der Waals surface area contributed by atoms with Crippen molar-refractivity contribution in [2.75, 3.05) is 0 Å². The SMILES string of the molecule is O.[Ba+2].[Ba+2].[Ba+2].[O-]B([O-])[O-].[O-]B([O-])[O-]. The molecule has 12 heavy (non-hydrogen) atoms. The molecule has 0 saturated heterocycles. The van der Waals surface area contributed by atoms with Crippen molar-refractivity contribution in [2.24, 2.45) is 0 Å². The van der Waals surface area contributed by atoms with Crippen LogP contribution in [0, 0.1) is 0 Å². The molecule has 0 aromatic carbocycles. The van der Waals surface area contributed by atoms with E-state index in [1.807, 2.05) is 0 Å². The van der Waals surface area contributed by atoms with Crippen molar-refractivity contribution in [3.05, 3.63) is 0 Å². The van der Waals surface area contributed by atoms with Gasteiger partial charge < -0.3 is 35.6 Å². The summed E-state index contributed by atoms with van der Waals surface area (Å²) in [5.74, 6) is 0. The van der Waals surface area contributed by atoms with Crippen molar-refractivity contribution in [3.63, 3.8) is 0 Å². The first kappa shape index (κ1) is 36.0. The van der Waals surface area contributed by atoms with E-state index in [0.717, 1.165) is 0 Å². The molecule has 0 amide bonds. The standard InChI is InChI=1S/2BO3.3Ba.H2O/c2*2-1(3)4;;;;/h;;;;;1H2/q2*-3;3*+2;. The first-order valence-electron chi connectivity index (χ1n) is 1.41. The van der Waals surface area contributed by atoms with Gasteiger partial charge in [0.05, 0.1) is 0 Å². The van der Waals surface area contributed by atoms with Crippen LogP contribution in [-0.4, -0.2) is 167 Å². The third-order valence-electron chi connectivity index (χ3n) is 0. The quantitative estimate of drug-likeness (QED) is 0.273. The van der Waals surface area contributed by atoms with Crippen LogP contribution in [0.25, 0.3) is 0 Å². The van der Waals surface area contributed by atoms with Gasteiger partial charge in [-0.15, -0.1) is 0 Å². The second-order valence-corrected chi connectivity index (χ2v) is 0.577. The Labute approximate surface area is 191 Å². The molecular weight excluding hydrogens is 546 g/mol. The smallest absolute Gasteiger partial charge is 0.907 e. The van der Waals surface area contributed by atoms with Gasteiger partial charge in [0.1, 0.15) is 0 Å². The fraction of sp³-hybridized carbons (Fsp3) is 0. The zero-order chi connectivity index (χ0) is 7.15. The third-order valence-corrected chi connectivity index (χ3v) is 0. The Morgan fingerprint density at radius 2 is 0.500 bits per heavy atom. The Hall–Kier alpha value is 4.56. The van der Waals surface area contributed by atoms with Crippen LogP contribution in [0.5, 0.6) is 0 Å². The van der Waals surface area contributed by atoms with E-state index in [2.05, 4.69) is 0 Å². The number of hydrogen-bond acceptors (Lipinski definition) is 6. The van der Waals surface area contributed by atoms with Crippen LogP contribution in [-0.2, 0) is 0 Å². The second-order valence-electron chi connectivity index (χ2n) is 0.577. The summed E-state index contributed by atoms with van der Waals surface area (Å²) in [5.41, 5.74) is 0. The van der Waals surface area contributed by atoms with Gasteiger partial charge in [-0.05, 0) is 0 Å². The Balaban J connectivity index is -0.0000000112. The summed E-state index contributed by atoms with van der Waals surface area (Å²) in [6.07, 6.45) is 0. The molecule has 0 aliphatic carbocycles. The number of rotatable bonds is 0. The Bertz CT molecular complexity index is 32.1. The molecule has 0 fully saturated rings. The van der Waals surface area contributed by atoms with Gasteiger partial charge in [-0.1, -0.05) is 0 Å². The van der Waals surface area contributed by atoms with Crippen LogP contribution in [0.1, 0.15) is 0 Å². The fourth-order valence-corrected chi connectivity index (χ4v) is 0. The molecule has 0 radical (unpaired) electrons. The van der Waals surface area contributed by atoms with Crippen LogP contribution in [0.4, 0.5) is 0 Å². The molecule has 56 valence electrons. The van der Waals surface area contributed by atoms with E-state index in [1.165, 1.54) is 0 Å². The summed E-state index contributed by atoms with van der Waals surface area (Å²) < 4.78 is 0. The molecule has 0 spiro atoms. The summed E-state index contributed by atoms with van der Waals surface area (Å²) >= 11 is 0. The largest absolute Gasteiger partial charge is 2.00 e. The van der Waals surface area contributed by atoms with Crippen LogP contribution in [0.3, 0.4) is 0 Å². The van der Waals surface area contributed by atoms with Gasteiger partial charge in [-0.3, -0.25) is 14.6 Å². The van der Waals surface area contributed by atoms with E-state index < -0.39 is 14.6 Å². The van der Waals surface area contributed by atoms with E-state index in [0.29, 0.717) is 0 Å². The summed E-state index contributed by atoms with van der Waals surface area (Å²) in [6, 6.07) is 0. The van der Waals surface area contributed by atoms with Gasteiger partial charge in [0.25, 0.3) is 0 Å². The van der Waals surface area contributed by atoms with Crippen LogP contribution in [0.15, 0.2) is 0 Å². The Morgan fingerprint density at radius 3 is 0.500 bits per heavy atom. The van der Waals surface area contributed by atoms with E-state index in [4.69, 9.17) is 30.1 Å². The molecule has 0 rings (SSSR count). The topological polar surface area (TPSA) is 170 Å². The zero-order valence-electron chi connectivity index (χ0n) is 6.23. The average molecular weight is 548 g/mol. The van der Waals surface area contributed by atoms with Crippen LogP contribution < -0.4 is 30.1 Å². The summed E-state index contributed by atoms with van der Waals surface area (Å²) in [4.78, 5) is 0. The summed E-state index contributed by atoms with van der Waals surface area (Å²) in [5, 5.41) is 50.5. The second kappa shape index (κ2) is 29.6. The van der Waals surface area contributed by atoms with Crippen LogP contribution in [0.2, 0.25) is 0 Å². The van der Waals surface area contributed by atoms with Gasteiger partial charge in [0.15, 0.2) is 0 Å². The van der Waals surface area contributed by atoms with E-state index in [1.54, 1.807) is 0 Å². The molecule has 2 N–H and O–H groups in total. The van der Waals surface area contributed by atoms with Gasteiger partial charge in [-0.25, -0.2) is 0 Å². The van der Waals surface area contributed by atoms with Crippen molar-refractivity contribution in [2.45, 2.75) is 0 Å². The maximum absolute atomic E-state index is 8.42. The molecular formula is H2B2Ba3O7. The molecule has 0 aromatic heterocycles. The van der Waals surface area contributed by atoms with E-state index in [-0.39, 0.29) is 152 Å². The molecule has 0 unspecified atom stereocenters. The fourth-order valence-electron chi connectivity index (χ4n) is 0. The molecule has 0 atom stereocenters. The zero-order valence-corrected chi connectivity index (χ0v) is 19.5. The summed E-state index contributed by atoms with van der Waals surface area (Å²) in [7, 11) is -5.83. The average Bonchev–Trinajstić information content (AvgIpc) is 1.25. The van der Waals surface area contributed by atoms with Crippen LogP contribution >= 0.6 is 0 Å². The molecule has 12 heteroatoms. The molecule has 0 saturated carbocycles. The molecule has 0 bridgehead atoms. The van der Waals surface area contributed by atoms with Crippen molar-refractivity contribution in [1.29, 1.82) is 0 Å². The first-order chi connectivity index (χ1) is 3.46. The van der Waals surface area contributed by atoms with Gasteiger partial charge in [0, 0.05) is 0 Å². The van der Waals surface area contributed by atoms with Crippen molar-refractivity contribution in [1.82, 2.24) is 0 Å². The van der Waals surface area contributed by atoms with Gasteiger partial charge in [0.2, 0.25) is 0 Å². The van der Waals surface area contributed by atoms with Gasteiger partial charge in [-0.2, -0.15) is 0 Å². The Morgan fingerprint density at radius 1 is 0.500 bits per heavy atom. The van der Waals surface area contributed by atoms with Crippen molar-refractivity contribution >= 4 is 161 Å². The van der Waals surface area contributed by atoms with Gasteiger partial charge >= 0.3 is 147 Å².